The van der Waals surface area contributed by atoms with Crippen LogP contribution in [0, 0.1) is 14.9 Å². The Morgan fingerprint density at radius 3 is 2.64 bits per heavy atom. The number of hydrogen-bond acceptors (Lipinski definition) is 4. The van der Waals surface area contributed by atoms with Crippen molar-refractivity contribution in [2.45, 2.75) is 6.61 Å². The lowest BCUT2D eigenvalue weighted by Crippen LogP contribution is -2.10. The Balaban J connectivity index is 1.63. The Morgan fingerprint density at radius 2 is 1.88 bits per heavy atom. The standard InChI is InChI=1S/C19H13IN2O3/c20-14-5-7-15(8-6-14)22-19(23)18-10-9-16(25-18)12-24-17-4-2-1-3-13(17)11-21/h1-10H,12H2,(H,22,23). The number of carbonyl (C=O) groups excluding carboxylic acids is 1. The number of nitriles is 1. The first-order valence-corrected chi connectivity index (χ1v) is 8.51. The van der Waals surface area contributed by atoms with E-state index < -0.39 is 0 Å². The van der Waals surface area contributed by atoms with Gasteiger partial charge in [0.25, 0.3) is 5.91 Å². The SMILES string of the molecule is N#Cc1ccccc1OCc1ccc(C(=O)Nc2ccc(I)cc2)o1. The molecule has 25 heavy (non-hydrogen) atoms. The molecule has 0 aliphatic carbocycles. The summed E-state index contributed by atoms with van der Waals surface area (Å²) < 4.78 is 12.2. The lowest BCUT2D eigenvalue weighted by atomic mass is 10.2. The molecule has 0 spiro atoms. The first-order chi connectivity index (χ1) is 12.2. The molecule has 1 N–H and O–H groups in total. The van der Waals surface area contributed by atoms with E-state index in [-0.39, 0.29) is 18.3 Å². The zero-order chi connectivity index (χ0) is 17.6. The molecule has 0 radical (unpaired) electrons. The number of carbonyl (C=O) groups is 1. The predicted molar refractivity (Wildman–Crippen MR) is 101 cm³/mol. The second-order valence-electron chi connectivity index (χ2n) is 5.12. The number of nitrogens with zero attached hydrogens (tertiary/aromatic N) is 1. The summed E-state index contributed by atoms with van der Waals surface area (Å²) in [5.74, 6) is 0.849. The third-order valence-electron chi connectivity index (χ3n) is 3.36. The molecular formula is C19H13IN2O3. The van der Waals surface area contributed by atoms with E-state index in [1.165, 1.54) is 0 Å². The molecule has 1 amide bonds. The summed E-state index contributed by atoms with van der Waals surface area (Å²) in [6.45, 7) is 0.134. The quantitative estimate of drug-likeness (QED) is 0.585. The molecule has 0 saturated heterocycles. The molecule has 124 valence electrons. The molecule has 0 saturated carbocycles. The summed E-state index contributed by atoms with van der Waals surface area (Å²) in [6.07, 6.45) is 0. The van der Waals surface area contributed by atoms with Gasteiger partial charge in [-0.05, 0) is 71.1 Å². The molecule has 0 fully saturated rings. The molecule has 0 aliphatic rings. The molecule has 5 nitrogen and oxygen atoms in total. The van der Waals surface area contributed by atoms with Crippen molar-refractivity contribution in [2.24, 2.45) is 0 Å². The van der Waals surface area contributed by atoms with E-state index >= 15 is 0 Å². The zero-order valence-electron chi connectivity index (χ0n) is 13.0. The van der Waals surface area contributed by atoms with Gasteiger partial charge in [-0.3, -0.25) is 4.79 Å². The van der Waals surface area contributed by atoms with Gasteiger partial charge in [-0.25, -0.2) is 0 Å². The maximum absolute atomic E-state index is 12.2. The summed E-state index contributed by atoms with van der Waals surface area (Å²) in [5.41, 5.74) is 1.15. The minimum Gasteiger partial charge on any atom is -0.484 e. The highest BCUT2D eigenvalue weighted by Crippen LogP contribution is 2.19. The number of nitrogens with one attached hydrogen (secondary N) is 1. The fourth-order valence-corrected chi connectivity index (χ4v) is 2.50. The van der Waals surface area contributed by atoms with Crippen molar-refractivity contribution in [3.8, 4) is 11.8 Å². The van der Waals surface area contributed by atoms with Crippen LogP contribution in [-0.4, -0.2) is 5.91 Å². The number of furan rings is 1. The van der Waals surface area contributed by atoms with Crippen molar-refractivity contribution >= 4 is 34.2 Å². The van der Waals surface area contributed by atoms with Gasteiger partial charge >= 0.3 is 0 Å². The summed E-state index contributed by atoms with van der Waals surface area (Å²) in [7, 11) is 0. The zero-order valence-corrected chi connectivity index (χ0v) is 15.2. The Kier molecular flexibility index (Phi) is 5.36. The van der Waals surface area contributed by atoms with E-state index in [2.05, 4.69) is 34.0 Å². The number of halogens is 1. The lowest BCUT2D eigenvalue weighted by molar-refractivity contribution is 0.0992. The summed E-state index contributed by atoms with van der Waals surface area (Å²) in [5, 5.41) is 11.8. The Labute approximate surface area is 158 Å². The first-order valence-electron chi connectivity index (χ1n) is 7.43. The number of ether oxygens (including phenoxy) is 1. The van der Waals surface area contributed by atoms with Crippen molar-refractivity contribution in [3.63, 3.8) is 0 Å². The molecule has 3 rings (SSSR count). The van der Waals surface area contributed by atoms with Crippen LogP contribution >= 0.6 is 22.6 Å². The van der Waals surface area contributed by atoms with Crippen LogP contribution in [0.3, 0.4) is 0 Å². The average molecular weight is 444 g/mol. The minimum absolute atomic E-state index is 0.134. The van der Waals surface area contributed by atoms with Crippen LogP contribution in [0.1, 0.15) is 21.9 Å². The molecule has 1 aromatic heterocycles. The van der Waals surface area contributed by atoms with Crippen molar-refractivity contribution in [1.82, 2.24) is 0 Å². The summed E-state index contributed by atoms with van der Waals surface area (Å²) in [6, 6.07) is 19.8. The second-order valence-corrected chi connectivity index (χ2v) is 6.37. The van der Waals surface area contributed by atoms with Crippen molar-refractivity contribution in [1.29, 1.82) is 5.26 Å². The normalized spacial score (nSPS) is 10.1. The van der Waals surface area contributed by atoms with Gasteiger partial charge in [0.05, 0.1) is 5.56 Å². The number of rotatable bonds is 5. The Hall–Kier alpha value is -2.79. The predicted octanol–water partition coefficient (Wildman–Crippen LogP) is 4.59. The van der Waals surface area contributed by atoms with E-state index in [1.54, 1.807) is 36.4 Å². The van der Waals surface area contributed by atoms with Gasteiger partial charge in [0, 0.05) is 9.26 Å². The van der Waals surface area contributed by atoms with Gasteiger partial charge < -0.3 is 14.5 Å². The van der Waals surface area contributed by atoms with Crippen LogP contribution in [0.25, 0.3) is 0 Å². The van der Waals surface area contributed by atoms with Crippen LogP contribution in [0.2, 0.25) is 0 Å². The number of benzene rings is 2. The van der Waals surface area contributed by atoms with Crippen LogP contribution in [-0.2, 0) is 6.61 Å². The molecule has 0 atom stereocenters. The monoisotopic (exact) mass is 444 g/mol. The van der Waals surface area contributed by atoms with E-state index in [0.717, 1.165) is 3.57 Å². The topological polar surface area (TPSA) is 75.3 Å². The minimum atomic E-state index is -0.329. The third kappa shape index (κ3) is 4.39. The Bertz CT molecular complexity index is 926. The second kappa shape index (κ2) is 7.85. The summed E-state index contributed by atoms with van der Waals surface area (Å²) in [4.78, 5) is 12.2. The fraction of sp³-hybridized carbons (Fsp3) is 0.0526. The number of hydrogen-bond donors (Lipinski definition) is 1. The van der Waals surface area contributed by atoms with Crippen LogP contribution < -0.4 is 10.1 Å². The summed E-state index contributed by atoms with van der Waals surface area (Å²) >= 11 is 2.20. The van der Waals surface area contributed by atoms with Gasteiger partial charge in [0.1, 0.15) is 24.2 Å². The van der Waals surface area contributed by atoms with E-state index in [0.29, 0.717) is 22.8 Å². The lowest BCUT2D eigenvalue weighted by Gasteiger charge is -2.05. The Morgan fingerprint density at radius 1 is 1.12 bits per heavy atom. The van der Waals surface area contributed by atoms with E-state index in [9.17, 15) is 4.79 Å². The number of para-hydroxylation sites is 1. The maximum atomic E-state index is 12.2. The number of amides is 1. The van der Waals surface area contributed by atoms with Crippen LogP contribution in [0.15, 0.2) is 65.1 Å². The van der Waals surface area contributed by atoms with Crippen LogP contribution in [0.5, 0.6) is 5.75 Å². The molecule has 6 heteroatoms. The molecule has 0 aliphatic heterocycles. The van der Waals surface area contributed by atoms with E-state index in [4.69, 9.17) is 14.4 Å². The molecule has 0 unspecified atom stereocenters. The van der Waals surface area contributed by atoms with Gasteiger partial charge in [-0.15, -0.1) is 0 Å². The van der Waals surface area contributed by atoms with Crippen molar-refractivity contribution < 1.29 is 13.9 Å². The molecule has 2 aromatic carbocycles. The first kappa shape index (κ1) is 17.0. The van der Waals surface area contributed by atoms with Gasteiger partial charge in [-0.1, -0.05) is 12.1 Å². The molecule has 1 heterocycles. The smallest absolute Gasteiger partial charge is 0.291 e. The van der Waals surface area contributed by atoms with Gasteiger partial charge in [0.2, 0.25) is 0 Å². The maximum Gasteiger partial charge on any atom is 0.291 e. The largest absolute Gasteiger partial charge is 0.484 e. The van der Waals surface area contributed by atoms with Crippen molar-refractivity contribution in [3.05, 3.63) is 81.3 Å². The molecule has 3 aromatic rings. The van der Waals surface area contributed by atoms with Crippen LogP contribution in [0.4, 0.5) is 5.69 Å². The molecule has 0 bridgehead atoms. The van der Waals surface area contributed by atoms with Gasteiger partial charge in [0.15, 0.2) is 5.76 Å². The fourth-order valence-electron chi connectivity index (χ4n) is 2.14. The highest BCUT2D eigenvalue weighted by molar-refractivity contribution is 14.1. The van der Waals surface area contributed by atoms with E-state index in [1.807, 2.05) is 24.3 Å². The van der Waals surface area contributed by atoms with Gasteiger partial charge in [-0.2, -0.15) is 5.26 Å². The van der Waals surface area contributed by atoms with Crippen molar-refractivity contribution in [2.75, 3.05) is 5.32 Å². The number of anilines is 1. The average Bonchev–Trinajstić information content (AvgIpc) is 3.11. The highest BCUT2D eigenvalue weighted by Gasteiger charge is 2.12. The highest BCUT2D eigenvalue weighted by atomic mass is 127. The third-order valence-corrected chi connectivity index (χ3v) is 4.08. The molecular weight excluding hydrogens is 431 g/mol.